The molecule has 4 nitrogen and oxygen atoms in total. The molecule has 0 fully saturated rings. The monoisotopic (exact) mass is 360 g/mol. The van der Waals surface area contributed by atoms with Gasteiger partial charge in [0.1, 0.15) is 4.90 Å². The predicted octanol–water partition coefficient (Wildman–Crippen LogP) is 3.21. The molecule has 0 amide bonds. The van der Waals surface area contributed by atoms with Gasteiger partial charge in [0.15, 0.2) is 0 Å². The van der Waals surface area contributed by atoms with Gasteiger partial charge in [-0.1, -0.05) is 37.0 Å². The molecule has 0 aliphatic carbocycles. The summed E-state index contributed by atoms with van der Waals surface area (Å²) >= 11 is 11.8. The quantitative estimate of drug-likeness (QED) is 0.817. The second-order valence-electron chi connectivity index (χ2n) is 4.37. The summed E-state index contributed by atoms with van der Waals surface area (Å²) in [5, 5.41) is 0.450. The summed E-state index contributed by atoms with van der Waals surface area (Å²) in [5.74, 6) is 0. The number of benzene rings is 1. The third-order valence-corrected chi connectivity index (χ3v) is 5.57. The van der Waals surface area contributed by atoms with Crippen LogP contribution in [0.5, 0.6) is 0 Å². The molecule has 1 aromatic carbocycles. The van der Waals surface area contributed by atoms with Crippen molar-refractivity contribution in [3.63, 3.8) is 0 Å². The highest BCUT2D eigenvalue weighted by Crippen LogP contribution is 2.27. The molecule has 0 aliphatic rings. The number of rotatable bonds is 6. The van der Waals surface area contributed by atoms with E-state index >= 15 is 0 Å². The van der Waals surface area contributed by atoms with E-state index < -0.39 is 15.6 Å². The summed E-state index contributed by atoms with van der Waals surface area (Å²) < 4.78 is 27.4. The van der Waals surface area contributed by atoms with E-state index in [1.54, 1.807) is 6.07 Å². The molecule has 8 heteroatoms. The third kappa shape index (κ3) is 4.48. The summed E-state index contributed by atoms with van der Waals surface area (Å²) in [6.45, 7) is 3.99. The van der Waals surface area contributed by atoms with E-state index in [2.05, 4.69) is 4.72 Å². The molecule has 1 rings (SSSR count). The molecular weight excluding hydrogens is 343 g/mol. The number of hydrogen-bond donors (Lipinski definition) is 2. The van der Waals surface area contributed by atoms with Gasteiger partial charge in [0.2, 0.25) is 10.0 Å². The van der Waals surface area contributed by atoms with Crippen molar-refractivity contribution in [3.8, 4) is 0 Å². The van der Waals surface area contributed by atoms with Gasteiger partial charge in [-0.05, 0) is 31.0 Å². The van der Waals surface area contributed by atoms with Gasteiger partial charge in [0.05, 0.1) is 5.02 Å². The Morgan fingerprint density at radius 2 is 1.80 bits per heavy atom. The van der Waals surface area contributed by atoms with Gasteiger partial charge in [-0.15, -0.1) is 12.4 Å². The van der Waals surface area contributed by atoms with Crippen LogP contribution in [-0.2, 0) is 10.0 Å². The van der Waals surface area contributed by atoms with Crippen LogP contribution in [-0.4, -0.2) is 20.5 Å². The molecule has 0 atom stereocenters. The summed E-state index contributed by atoms with van der Waals surface area (Å²) in [4.78, 5) is -0.0265. The SMILES string of the molecule is CCC(CC)(CN)NS(=O)(=O)c1cc(Cl)ccc1Cl.Cl. The van der Waals surface area contributed by atoms with Gasteiger partial charge in [-0.3, -0.25) is 0 Å². The largest absolute Gasteiger partial charge is 0.329 e. The third-order valence-electron chi connectivity index (χ3n) is 3.28. The average Bonchev–Trinajstić information content (AvgIpc) is 2.39. The molecule has 20 heavy (non-hydrogen) atoms. The minimum Gasteiger partial charge on any atom is -0.329 e. The van der Waals surface area contributed by atoms with Gasteiger partial charge in [0, 0.05) is 17.1 Å². The molecule has 0 unspecified atom stereocenters. The fourth-order valence-corrected chi connectivity index (χ4v) is 4.07. The van der Waals surface area contributed by atoms with Gasteiger partial charge >= 0.3 is 0 Å². The van der Waals surface area contributed by atoms with Crippen molar-refractivity contribution in [3.05, 3.63) is 28.2 Å². The molecule has 116 valence electrons. The summed E-state index contributed by atoms with van der Waals surface area (Å²) in [5.41, 5.74) is 5.03. The summed E-state index contributed by atoms with van der Waals surface area (Å²) in [7, 11) is -3.75. The molecule has 0 spiro atoms. The molecule has 1 aromatic rings. The molecule has 0 saturated carbocycles. The van der Waals surface area contributed by atoms with Crippen LogP contribution in [0.4, 0.5) is 0 Å². The standard InChI is InChI=1S/C12H18Cl2N2O2S.ClH/c1-3-12(4-2,8-15)16-19(17,18)11-7-9(13)5-6-10(11)14;/h5-7,16H,3-4,8,15H2,1-2H3;1H. The van der Waals surface area contributed by atoms with Crippen LogP contribution in [0.2, 0.25) is 10.0 Å². The lowest BCUT2D eigenvalue weighted by Gasteiger charge is -2.31. The smallest absolute Gasteiger partial charge is 0.242 e. The van der Waals surface area contributed by atoms with Crippen LogP contribution in [0.3, 0.4) is 0 Å². The molecule has 0 radical (unpaired) electrons. The Morgan fingerprint density at radius 3 is 2.25 bits per heavy atom. The topological polar surface area (TPSA) is 72.2 Å². The highest BCUT2D eigenvalue weighted by molar-refractivity contribution is 7.89. The zero-order valence-electron chi connectivity index (χ0n) is 11.3. The van der Waals surface area contributed by atoms with Crippen LogP contribution < -0.4 is 10.5 Å². The molecule has 0 bridgehead atoms. The van der Waals surface area contributed by atoms with Crippen LogP contribution in [0, 0.1) is 0 Å². The Labute approximate surface area is 136 Å². The first-order valence-electron chi connectivity index (χ1n) is 5.99. The Morgan fingerprint density at radius 1 is 1.25 bits per heavy atom. The van der Waals surface area contributed by atoms with Crippen LogP contribution >= 0.6 is 35.6 Å². The first-order chi connectivity index (χ1) is 8.80. The van der Waals surface area contributed by atoms with Crippen LogP contribution in [0.15, 0.2) is 23.1 Å². The fraction of sp³-hybridized carbons (Fsp3) is 0.500. The molecule has 0 saturated heterocycles. The number of halogens is 3. The van der Waals surface area contributed by atoms with Gasteiger partial charge in [-0.2, -0.15) is 0 Å². The van der Waals surface area contributed by atoms with Crippen molar-refractivity contribution in [1.82, 2.24) is 4.72 Å². The fourth-order valence-electron chi connectivity index (χ4n) is 1.75. The van der Waals surface area contributed by atoms with Gasteiger partial charge in [0.25, 0.3) is 0 Å². The second kappa shape index (κ2) is 7.82. The van der Waals surface area contributed by atoms with E-state index in [1.165, 1.54) is 12.1 Å². The Bertz CT molecular complexity index is 537. The zero-order valence-corrected chi connectivity index (χ0v) is 14.5. The first kappa shape index (κ1) is 20.0. The first-order valence-corrected chi connectivity index (χ1v) is 8.23. The van der Waals surface area contributed by atoms with E-state index in [9.17, 15) is 8.42 Å². The molecule has 0 aromatic heterocycles. The Hall–Kier alpha value is -0.0400. The van der Waals surface area contributed by atoms with E-state index in [1.807, 2.05) is 13.8 Å². The molecule has 0 aliphatic heterocycles. The second-order valence-corrected chi connectivity index (χ2v) is 6.87. The van der Waals surface area contributed by atoms with Crippen molar-refractivity contribution >= 4 is 45.6 Å². The lowest BCUT2D eigenvalue weighted by atomic mass is 9.95. The van der Waals surface area contributed by atoms with E-state index in [-0.39, 0.29) is 28.9 Å². The van der Waals surface area contributed by atoms with Crippen LogP contribution in [0.1, 0.15) is 26.7 Å². The minimum absolute atomic E-state index is 0. The van der Waals surface area contributed by atoms with Crippen molar-refractivity contribution in [2.24, 2.45) is 5.73 Å². The van der Waals surface area contributed by atoms with Crippen molar-refractivity contribution < 1.29 is 8.42 Å². The number of hydrogen-bond acceptors (Lipinski definition) is 3. The van der Waals surface area contributed by atoms with Crippen molar-refractivity contribution in [1.29, 1.82) is 0 Å². The van der Waals surface area contributed by atoms with E-state index in [0.29, 0.717) is 17.9 Å². The summed E-state index contributed by atoms with van der Waals surface area (Å²) in [6.07, 6.45) is 1.19. The van der Waals surface area contributed by atoms with E-state index in [4.69, 9.17) is 28.9 Å². The van der Waals surface area contributed by atoms with Gasteiger partial charge < -0.3 is 5.73 Å². The normalized spacial score (nSPS) is 12.1. The lowest BCUT2D eigenvalue weighted by molar-refractivity contribution is 0.363. The Kier molecular flexibility index (Phi) is 7.81. The average molecular weight is 362 g/mol. The zero-order chi connectivity index (χ0) is 14.7. The maximum absolute atomic E-state index is 12.4. The maximum Gasteiger partial charge on any atom is 0.242 e. The lowest BCUT2D eigenvalue weighted by Crippen LogP contribution is -2.52. The van der Waals surface area contributed by atoms with E-state index in [0.717, 1.165) is 0 Å². The minimum atomic E-state index is -3.75. The molecule has 0 heterocycles. The maximum atomic E-state index is 12.4. The van der Waals surface area contributed by atoms with Crippen LogP contribution in [0.25, 0.3) is 0 Å². The number of nitrogens with two attached hydrogens (primary N) is 1. The van der Waals surface area contributed by atoms with Crippen molar-refractivity contribution in [2.75, 3.05) is 6.54 Å². The van der Waals surface area contributed by atoms with Crippen molar-refractivity contribution in [2.45, 2.75) is 37.1 Å². The molecule has 3 N–H and O–H groups in total. The highest BCUT2D eigenvalue weighted by Gasteiger charge is 2.31. The summed E-state index contributed by atoms with van der Waals surface area (Å²) in [6, 6.07) is 4.33. The highest BCUT2D eigenvalue weighted by atomic mass is 35.5. The predicted molar refractivity (Wildman–Crippen MR) is 86.4 cm³/mol. The molecular formula is C12H19Cl3N2O2S. The number of sulfonamides is 1. The Balaban J connectivity index is 0.00000361. The van der Waals surface area contributed by atoms with Gasteiger partial charge in [-0.25, -0.2) is 13.1 Å². The number of nitrogens with one attached hydrogen (secondary N) is 1.